The van der Waals surface area contributed by atoms with Gasteiger partial charge < -0.3 is 9.84 Å². The molecule has 2 aromatic rings. The van der Waals surface area contributed by atoms with Gasteiger partial charge in [-0.05, 0) is 35.9 Å². The van der Waals surface area contributed by atoms with Gasteiger partial charge in [0.1, 0.15) is 5.82 Å². The summed E-state index contributed by atoms with van der Waals surface area (Å²) >= 11 is 6.06. The number of hydrogen-bond donors (Lipinski definition) is 1. The van der Waals surface area contributed by atoms with Gasteiger partial charge in [0.2, 0.25) is 0 Å². The lowest BCUT2D eigenvalue weighted by molar-refractivity contribution is 0.0599. The summed E-state index contributed by atoms with van der Waals surface area (Å²) in [6.45, 7) is 0. The molecule has 0 aliphatic rings. The van der Waals surface area contributed by atoms with E-state index < -0.39 is 23.3 Å². The van der Waals surface area contributed by atoms with Gasteiger partial charge >= 0.3 is 11.9 Å². The van der Waals surface area contributed by atoms with E-state index in [1.807, 2.05) is 0 Å². The maximum absolute atomic E-state index is 13.4. The van der Waals surface area contributed by atoms with E-state index in [1.54, 1.807) is 0 Å². The first kappa shape index (κ1) is 15.0. The van der Waals surface area contributed by atoms with Gasteiger partial charge in [0.25, 0.3) is 0 Å². The van der Waals surface area contributed by atoms with Crippen molar-refractivity contribution < 1.29 is 23.8 Å². The number of carbonyl (C=O) groups excluding carboxylic acids is 1. The van der Waals surface area contributed by atoms with E-state index in [9.17, 15) is 14.0 Å². The van der Waals surface area contributed by atoms with Crippen LogP contribution < -0.4 is 0 Å². The topological polar surface area (TPSA) is 63.6 Å². The van der Waals surface area contributed by atoms with E-state index in [0.29, 0.717) is 16.1 Å². The molecule has 0 saturated carbocycles. The lowest BCUT2D eigenvalue weighted by atomic mass is 10.0. The van der Waals surface area contributed by atoms with Crippen molar-refractivity contribution in [3.8, 4) is 11.1 Å². The van der Waals surface area contributed by atoms with Crippen LogP contribution in [0.2, 0.25) is 5.02 Å². The van der Waals surface area contributed by atoms with Crippen LogP contribution in [0.25, 0.3) is 11.1 Å². The van der Waals surface area contributed by atoms with Crippen molar-refractivity contribution in [3.63, 3.8) is 0 Å². The number of carboxylic acids is 1. The molecule has 0 radical (unpaired) electrons. The van der Waals surface area contributed by atoms with Crippen LogP contribution in [0.1, 0.15) is 20.7 Å². The van der Waals surface area contributed by atoms with Crippen molar-refractivity contribution in [1.82, 2.24) is 0 Å². The molecule has 0 heterocycles. The van der Waals surface area contributed by atoms with Gasteiger partial charge in [-0.3, -0.25) is 0 Å². The number of halogens is 2. The number of methoxy groups -OCH3 is 1. The summed E-state index contributed by atoms with van der Waals surface area (Å²) in [5.74, 6) is -2.77. The van der Waals surface area contributed by atoms with Crippen LogP contribution in [0.5, 0.6) is 0 Å². The second-order valence-electron chi connectivity index (χ2n) is 4.19. The Kier molecular flexibility index (Phi) is 4.23. The Labute approximate surface area is 124 Å². The van der Waals surface area contributed by atoms with E-state index in [-0.39, 0.29) is 5.56 Å². The van der Waals surface area contributed by atoms with Crippen LogP contribution in [0.4, 0.5) is 4.39 Å². The van der Waals surface area contributed by atoms with Crippen molar-refractivity contribution in [2.24, 2.45) is 0 Å². The summed E-state index contributed by atoms with van der Waals surface area (Å²) in [4.78, 5) is 22.5. The predicted molar refractivity (Wildman–Crippen MR) is 75.1 cm³/mol. The van der Waals surface area contributed by atoms with Gasteiger partial charge in [-0.2, -0.15) is 0 Å². The summed E-state index contributed by atoms with van der Waals surface area (Å²) in [6.07, 6.45) is 0. The summed E-state index contributed by atoms with van der Waals surface area (Å²) in [5, 5.41) is 9.25. The van der Waals surface area contributed by atoms with Gasteiger partial charge in [-0.25, -0.2) is 14.0 Å². The quantitative estimate of drug-likeness (QED) is 0.879. The van der Waals surface area contributed by atoms with E-state index in [4.69, 9.17) is 16.7 Å². The number of ether oxygens (including phenoxy) is 1. The first-order chi connectivity index (χ1) is 9.93. The summed E-state index contributed by atoms with van der Waals surface area (Å²) in [6, 6.07) is 8.04. The number of carbonyl (C=O) groups is 2. The largest absolute Gasteiger partial charge is 0.478 e. The summed E-state index contributed by atoms with van der Waals surface area (Å²) in [5.41, 5.74) is 0.608. The standard InChI is InChI=1S/C15H10ClFO4/c1-21-15(20)9-2-4-12(16)10(7-9)8-3-5-13(17)11(6-8)14(18)19/h2-7H,1H3,(H,18,19). The lowest BCUT2D eigenvalue weighted by Crippen LogP contribution is -2.02. The van der Waals surface area contributed by atoms with Crippen LogP contribution in [-0.4, -0.2) is 24.2 Å². The van der Waals surface area contributed by atoms with E-state index in [1.165, 1.54) is 37.4 Å². The van der Waals surface area contributed by atoms with Gasteiger partial charge in [-0.1, -0.05) is 17.7 Å². The second kappa shape index (κ2) is 5.93. The third-order valence-electron chi connectivity index (χ3n) is 2.90. The summed E-state index contributed by atoms with van der Waals surface area (Å²) < 4.78 is 18.0. The molecule has 6 heteroatoms. The summed E-state index contributed by atoms with van der Waals surface area (Å²) in [7, 11) is 1.25. The smallest absolute Gasteiger partial charge is 0.338 e. The predicted octanol–water partition coefficient (Wildman–Crippen LogP) is 3.63. The highest BCUT2D eigenvalue weighted by molar-refractivity contribution is 6.33. The van der Waals surface area contributed by atoms with Crippen LogP contribution in [0.3, 0.4) is 0 Å². The normalized spacial score (nSPS) is 10.2. The molecule has 4 nitrogen and oxygen atoms in total. The molecular weight excluding hydrogens is 299 g/mol. The fourth-order valence-corrected chi connectivity index (χ4v) is 2.07. The number of aromatic carboxylic acids is 1. The fraction of sp³-hybridized carbons (Fsp3) is 0.0667. The molecule has 0 aromatic heterocycles. The zero-order valence-corrected chi connectivity index (χ0v) is 11.6. The molecule has 0 aliphatic carbocycles. The molecule has 1 N–H and O–H groups in total. The Hall–Kier alpha value is -2.40. The number of hydrogen-bond acceptors (Lipinski definition) is 3. The van der Waals surface area contributed by atoms with Gasteiger partial charge in [0.15, 0.2) is 0 Å². The first-order valence-corrected chi connectivity index (χ1v) is 6.23. The Balaban J connectivity index is 2.58. The average Bonchev–Trinajstić information content (AvgIpc) is 2.47. The van der Waals surface area contributed by atoms with Gasteiger partial charge in [0, 0.05) is 10.6 Å². The zero-order chi connectivity index (χ0) is 15.6. The SMILES string of the molecule is COC(=O)c1ccc(Cl)c(-c2ccc(F)c(C(=O)O)c2)c1. The number of benzene rings is 2. The van der Waals surface area contributed by atoms with Crippen molar-refractivity contribution >= 4 is 23.5 Å². The minimum absolute atomic E-state index is 0.262. The highest BCUT2D eigenvalue weighted by Crippen LogP contribution is 2.30. The Morgan fingerprint density at radius 3 is 2.52 bits per heavy atom. The van der Waals surface area contributed by atoms with Crippen LogP contribution in [0, 0.1) is 5.82 Å². The second-order valence-corrected chi connectivity index (χ2v) is 4.59. The molecule has 0 unspecified atom stereocenters. The molecule has 2 rings (SSSR count). The molecule has 0 bridgehead atoms. The Bertz CT molecular complexity index is 728. The van der Waals surface area contributed by atoms with Crippen molar-refractivity contribution in [3.05, 3.63) is 58.4 Å². The first-order valence-electron chi connectivity index (χ1n) is 5.85. The number of esters is 1. The molecule has 21 heavy (non-hydrogen) atoms. The Morgan fingerprint density at radius 2 is 1.90 bits per heavy atom. The zero-order valence-electron chi connectivity index (χ0n) is 10.9. The van der Waals surface area contributed by atoms with Gasteiger partial charge in [-0.15, -0.1) is 0 Å². The molecule has 0 atom stereocenters. The van der Waals surface area contributed by atoms with Crippen LogP contribution in [0.15, 0.2) is 36.4 Å². The van der Waals surface area contributed by atoms with E-state index in [2.05, 4.69) is 4.74 Å². The highest BCUT2D eigenvalue weighted by atomic mass is 35.5. The number of rotatable bonds is 3. The molecule has 108 valence electrons. The fourth-order valence-electron chi connectivity index (χ4n) is 1.85. The minimum atomic E-state index is -1.38. The molecular formula is C15H10ClFO4. The molecule has 0 aliphatic heterocycles. The molecule has 0 amide bonds. The maximum atomic E-state index is 13.4. The maximum Gasteiger partial charge on any atom is 0.338 e. The van der Waals surface area contributed by atoms with Crippen molar-refractivity contribution in [2.75, 3.05) is 7.11 Å². The Morgan fingerprint density at radius 1 is 1.19 bits per heavy atom. The van der Waals surface area contributed by atoms with Gasteiger partial charge in [0.05, 0.1) is 18.2 Å². The molecule has 0 saturated heterocycles. The third-order valence-corrected chi connectivity index (χ3v) is 3.22. The lowest BCUT2D eigenvalue weighted by Gasteiger charge is -2.08. The van der Waals surface area contributed by atoms with E-state index >= 15 is 0 Å². The minimum Gasteiger partial charge on any atom is -0.478 e. The molecule has 0 spiro atoms. The highest BCUT2D eigenvalue weighted by Gasteiger charge is 2.15. The van der Waals surface area contributed by atoms with Crippen molar-refractivity contribution in [1.29, 1.82) is 0 Å². The molecule has 0 fully saturated rings. The third kappa shape index (κ3) is 3.03. The average molecular weight is 309 g/mol. The number of carboxylic acid groups (broad SMARTS) is 1. The van der Waals surface area contributed by atoms with Crippen molar-refractivity contribution in [2.45, 2.75) is 0 Å². The van der Waals surface area contributed by atoms with Crippen LogP contribution >= 0.6 is 11.6 Å². The van der Waals surface area contributed by atoms with E-state index in [0.717, 1.165) is 6.07 Å². The monoisotopic (exact) mass is 308 g/mol. The van der Waals surface area contributed by atoms with Crippen LogP contribution in [-0.2, 0) is 4.74 Å². The molecule has 2 aromatic carbocycles.